The van der Waals surface area contributed by atoms with Crippen LogP contribution < -0.4 is 0 Å². The maximum atomic E-state index is 11.3. The minimum absolute atomic E-state index is 0.237. The van der Waals surface area contributed by atoms with Crippen molar-refractivity contribution in [3.8, 4) is 0 Å². The van der Waals surface area contributed by atoms with Gasteiger partial charge in [-0.25, -0.2) is 4.79 Å². The number of piperazine rings is 1. The smallest absolute Gasteiger partial charge is 0.377 e. The lowest BCUT2D eigenvalue weighted by Gasteiger charge is -2.32. The van der Waals surface area contributed by atoms with Crippen molar-refractivity contribution in [2.75, 3.05) is 39.8 Å². The lowest BCUT2D eigenvalue weighted by molar-refractivity contribution is -0.131. The Bertz CT molecular complexity index is 476. The highest BCUT2D eigenvalue weighted by molar-refractivity contribution is 6.39. The molecule has 108 valence electrons. The number of carboxylic acids is 1. The molecule has 0 bridgehead atoms. The molecule has 1 fully saturated rings. The molecule has 5 heteroatoms. The van der Waals surface area contributed by atoms with Gasteiger partial charge in [0, 0.05) is 38.3 Å². The summed E-state index contributed by atoms with van der Waals surface area (Å²) < 4.78 is 0. The van der Waals surface area contributed by atoms with E-state index >= 15 is 0 Å². The Morgan fingerprint density at radius 2 is 1.70 bits per heavy atom. The van der Waals surface area contributed by atoms with Gasteiger partial charge in [0.1, 0.15) is 0 Å². The molecular formula is C15H20N2O3. The molecule has 1 saturated heterocycles. The number of hydrogen-bond donors (Lipinski definition) is 1. The number of carbonyl (C=O) groups excluding carboxylic acids is 1. The molecule has 1 N–H and O–H groups in total. The molecule has 0 unspecified atom stereocenters. The third kappa shape index (κ3) is 3.88. The number of rotatable bonds is 5. The summed E-state index contributed by atoms with van der Waals surface area (Å²) in [5.41, 5.74) is 1.37. The largest absolute Gasteiger partial charge is 0.475 e. The number of likely N-dealkylation sites (N-methyl/N-ethyl adjacent to an activating group) is 1. The number of carbonyl (C=O) groups is 2. The van der Waals surface area contributed by atoms with Crippen LogP contribution >= 0.6 is 0 Å². The van der Waals surface area contributed by atoms with Crippen LogP contribution in [0.25, 0.3) is 0 Å². The average molecular weight is 276 g/mol. The number of ketones is 1. The van der Waals surface area contributed by atoms with Crippen molar-refractivity contribution in [1.29, 1.82) is 0 Å². The Morgan fingerprint density at radius 3 is 2.25 bits per heavy atom. The van der Waals surface area contributed by atoms with Crippen LogP contribution in [-0.2, 0) is 11.2 Å². The van der Waals surface area contributed by atoms with E-state index < -0.39 is 11.8 Å². The van der Waals surface area contributed by atoms with E-state index in [2.05, 4.69) is 16.8 Å². The Morgan fingerprint density at radius 1 is 1.10 bits per heavy atom. The van der Waals surface area contributed by atoms with E-state index in [1.54, 1.807) is 12.1 Å². The second-order valence-corrected chi connectivity index (χ2v) is 5.23. The van der Waals surface area contributed by atoms with Crippen molar-refractivity contribution < 1.29 is 14.7 Å². The molecule has 1 aromatic carbocycles. The molecule has 1 heterocycles. The quantitative estimate of drug-likeness (QED) is 0.635. The van der Waals surface area contributed by atoms with Crippen molar-refractivity contribution in [2.24, 2.45) is 0 Å². The molecule has 0 aromatic heterocycles. The van der Waals surface area contributed by atoms with Crippen LogP contribution in [0.1, 0.15) is 15.9 Å². The van der Waals surface area contributed by atoms with E-state index in [4.69, 9.17) is 5.11 Å². The van der Waals surface area contributed by atoms with Crippen LogP contribution in [0.5, 0.6) is 0 Å². The summed E-state index contributed by atoms with van der Waals surface area (Å²) in [6.07, 6.45) is 0.922. The van der Waals surface area contributed by atoms with Crippen LogP contribution in [-0.4, -0.2) is 66.4 Å². The molecule has 1 aliphatic heterocycles. The molecule has 2 rings (SSSR count). The zero-order valence-electron chi connectivity index (χ0n) is 11.7. The van der Waals surface area contributed by atoms with E-state index in [-0.39, 0.29) is 5.56 Å². The third-order valence-corrected chi connectivity index (χ3v) is 3.72. The minimum Gasteiger partial charge on any atom is -0.475 e. The van der Waals surface area contributed by atoms with Gasteiger partial charge < -0.3 is 14.9 Å². The van der Waals surface area contributed by atoms with Gasteiger partial charge >= 0.3 is 5.97 Å². The Hall–Kier alpha value is -1.72. The number of Topliss-reactive ketones (excluding diaryl/α,β-unsaturated/α-hetero) is 1. The van der Waals surface area contributed by atoms with Gasteiger partial charge in [-0.1, -0.05) is 24.3 Å². The number of aliphatic carboxylic acids is 1. The summed E-state index contributed by atoms with van der Waals surface area (Å²) >= 11 is 0. The van der Waals surface area contributed by atoms with Gasteiger partial charge in [0.15, 0.2) is 0 Å². The minimum atomic E-state index is -1.41. The molecule has 0 saturated carbocycles. The number of hydrogen-bond acceptors (Lipinski definition) is 4. The standard InChI is InChI=1S/C15H20N2O3/c1-16-8-10-17(11-9-16)7-6-12-2-4-13(5-3-12)14(18)15(19)20/h2-5H,6-11H2,1H3,(H,19,20). The predicted octanol–water partition coefficient (Wildman–Crippen LogP) is 0.744. The second kappa shape index (κ2) is 6.63. The molecule has 0 radical (unpaired) electrons. The Labute approximate surface area is 118 Å². The van der Waals surface area contributed by atoms with Crippen LogP contribution in [0.4, 0.5) is 0 Å². The molecule has 1 aliphatic rings. The van der Waals surface area contributed by atoms with Gasteiger partial charge in [0.25, 0.3) is 5.78 Å². The highest BCUT2D eigenvalue weighted by Crippen LogP contribution is 2.08. The fourth-order valence-electron chi connectivity index (χ4n) is 2.30. The van der Waals surface area contributed by atoms with Crippen LogP contribution in [0.15, 0.2) is 24.3 Å². The number of carboxylic acid groups (broad SMARTS) is 1. The van der Waals surface area contributed by atoms with Gasteiger partial charge in [-0.2, -0.15) is 0 Å². The topological polar surface area (TPSA) is 60.9 Å². The van der Waals surface area contributed by atoms with E-state index in [0.717, 1.165) is 44.7 Å². The second-order valence-electron chi connectivity index (χ2n) is 5.23. The number of benzene rings is 1. The zero-order chi connectivity index (χ0) is 14.5. The van der Waals surface area contributed by atoms with Crippen LogP contribution in [0, 0.1) is 0 Å². The molecule has 1 aromatic rings. The SMILES string of the molecule is CN1CCN(CCc2ccc(C(=O)C(=O)O)cc2)CC1. The van der Waals surface area contributed by atoms with E-state index in [1.807, 2.05) is 12.1 Å². The lowest BCUT2D eigenvalue weighted by atomic mass is 10.1. The fourth-order valence-corrected chi connectivity index (χ4v) is 2.30. The monoisotopic (exact) mass is 276 g/mol. The average Bonchev–Trinajstić information content (AvgIpc) is 2.46. The Balaban J connectivity index is 1.85. The molecule has 20 heavy (non-hydrogen) atoms. The van der Waals surface area contributed by atoms with Crippen molar-refractivity contribution in [3.05, 3.63) is 35.4 Å². The summed E-state index contributed by atoms with van der Waals surface area (Å²) in [5.74, 6) is -2.26. The highest BCUT2D eigenvalue weighted by Gasteiger charge is 2.15. The lowest BCUT2D eigenvalue weighted by Crippen LogP contribution is -2.45. The van der Waals surface area contributed by atoms with E-state index in [1.165, 1.54) is 0 Å². The summed E-state index contributed by atoms with van der Waals surface area (Å²) in [7, 11) is 2.13. The van der Waals surface area contributed by atoms with Gasteiger partial charge in [-0.3, -0.25) is 4.79 Å². The van der Waals surface area contributed by atoms with Crippen molar-refractivity contribution in [1.82, 2.24) is 9.80 Å². The van der Waals surface area contributed by atoms with Gasteiger partial charge in [0.2, 0.25) is 0 Å². The molecular weight excluding hydrogens is 256 g/mol. The van der Waals surface area contributed by atoms with Crippen molar-refractivity contribution >= 4 is 11.8 Å². The summed E-state index contributed by atoms with van der Waals surface area (Å²) in [5, 5.41) is 8.64. The maximum Gasteiger partial charge on any atom is 0.377 e. The van der Waals surface area contributed by atoms with Crippen molar-refractivity contribution in [2.45, 2.75) is 6.42 Å². The first-order valence-electron chi connectivity index (χ1n) is 6.84. The summed E-state index contributed by atoms with van der Waals surface area (Å²) in [6.45, 7) is 5.39. The predicted molar refractivity (Wildman–Crippen MR) is 76.0 cm³/mol. The molecule has 0 atom stereocenters. The first-order valence-corrected chi connectivity index (χ1v) is 6.84. The molecule has 0 spiro atoms. The highest BCUT2D eigenvalue weighted by atomic mass is 16.4. The maximum absolute atomic E-state index is 11.3. The fraction of sp³-hybridized carbons (Fsp3) is 0.467. The third-order valence-electron chi connectivity index (χ3n) is 3.72. The van der Waals surface area contributed by atoms with Gasteiger partial charge in [0.05, 0.1) is 0 Å². The summed E-state index contributed by atoms with van der Waals surface area (Å²) in [6, 6.07) is 6.87. The van der Waals surface area contributed by atoms with Gasteiger partial charge in [-0.15, -0.1) is 0 Å². The molecule has 0 aliphatic carbocycles. The van der Waals surface area contributed by atoms with Crippen LogP contribution in [0.2, 0.25) is 0 Å². The van der Waals surface area contributed by atoms with Crippen LogP contribution in [0.3, 0.4) is 0 Å². The number of nitrogens with zero attached hydrogens (tertiary/aromatic N) is 2. The molecule has 0 amide bonds. The molecule has 5 nitrogen and oxygen atoms in total. The van der Waals surface area contributed by atoms with Crippen molar-refractivity contribution in [3.63, 3.8) is 0 Å². The van der Waals surface area contributed by atoms with Gasteiger partial charge in [-0.05, 0) is 19.0 Å². The first kappa shape index (κ1) is 14.7. The van der Waals surface area contributed by atoms with E-state index in [0.29, 0.717) is 0 Å². The zero-order valence-corrected chi connectivity index (χ0v) is 11.7. The van der Waals surface area contributed by atoms with E-state index in [9.17, 15) is 9.59 Å². The summed E-state index contributed by atoms with van der Waals surface area (Å²) in [4.78, 5) is 26.6. The Kier molecular flexibility index (Phi) is 4.87. The normalized spacial score (nSPS) is 17.1. The first-order chi connectivity index (χ1) is 9.56.